The normalized spacial score (nSPS) is 8.74. The van der Waals surface area contributed by atoms with Gasteiger partial charge in [0, 0.05) is 24.8 Å². The number of alkyl halides is 3. The standard InChI is InChI=1S/C6H11Cl2NO3.C2H3ClO.C2H5NO3.CH4/c7-1-3-9(4-2-8)12-5-6(10)11;3-1-2-4;3-6-1-2(4)5;/h1-5H2,(H,10,11);2H,1H2;1,3H2,(H,4,5);1H4. The highest BCUT2D eigenvalue weighted by atomic mass is 35.5. The molecule has 0 spiro atoms. The van der Waals surface area contributed by atoms with Crippen LogP contribution in [0.3, 0.4) is 0 Å². The minimum absolute atomic E-state index is 0. The van der Waals surface area contributed by atoms with Crippen molar-refractivity contribution in [2.75, 3.05) is 43.9 Å². The third-order valence-corrected chi connectivity index (χ3v) is 1.77. The summed E-state index contributed by atoms with van der Waals surface area (Å²) < 4.78 is 0. The highest BCUT2D eigenvalue weighted by Crippen LogP contribution is 1.93. The van der Waals surface area contributed by atoms with Gasteiger partial charge in [-0.05, 0) is 0 Å². The molecule has 0 radical (unpaired) electrons. The first-order chi connectivity index (χ1) is 10.4. The third kappa shape index (κ3) is 38.8. The number of aliphatic carboxylic acids is 2. The molecule has 9 nitrogen and oxygen atoms in total. The Bertz CT molecular complexity index is 280. The van der Waals surface area contributed by atoms with Crippen molar-refractivity contribution >= 4 is 53.0 Å². The van der Waals surface area contributed by atoms with Gasteiger partial charge in [0.05, 0.1) is 5.88 Å². The lowest BCUT2D eigenvalue weighted by Crippen LogP contribution is -2.30. The molecule has 0 atom stereocenters. The topological polar surface area (TPSA) is 139 Å². The molecule has 0 unspecified atom stereocenters. The second-order valence-corrected chi connectivity index (χ2v) is 4.06. The Balaban J connectivity index is -0.000000138. The number of carbonyl (C=O) groups is 3. The zero-order valence-corrected chi connectivity index (χ0v) is 13.9. The van der Waals surface area contributed by atoms with E-state index < -0.39 is 18.5 Å². The average molecular weight is 402 g/mol. The summed E-state index contributed by atoms with van der Waals surface area (Å²) in [5.41, 5.74) is 0. The Morgan fingerprint density at radius 1 is 1.04 bits per heavy atom. The van der Waals surface area contributed by atoms with Crippen LogP contribution in [0, 0.1) is 0 Å². The Labute approximate surface area is 150 Å². The molecule has 0 aliphatic heterocycles. The minimum Gasteiger partial charge on any atom is -0.479 e. The van der Waals surface area contributed by atoms with Crippen LogP contribution in [-0.4, -0.2) is 77.4 Å². The predicted octanol–water partition coefficient (Wildman–Crippen LogP) is 0.804. The number of carbonyl (C=O) groups excluding carboxylic acids is 1. The van der Waals surface area contributed by atoms with Crippen LogP contribution in [0.25, 0.3) is 0 Å². The number of carboxylic acids is 2. The Hall–Kier alpha value is -0.680. The summed E-state index contributed by atoms with van der Waals surface area (Å²) in [4.78, 5) is 37.1. The van der Waals surface area contributed by atoms with Crippen LogP contribution in [0.5, 0.6) is 0 Å². The van der Waals surface area contributed by atoms with Gasteiger partial charge in [0.25, 0.3) is 0 Å². The van der Waals surface area contributed by atoms with Crippen LogP contribution in [0.2, 0.25) is 0 Å². The van der Waals surface area contributed by atoms with Gasteiger partial charge in [0.15, 0.2) is 13.2 Å². The summed E-state index contributed by atoms with van der Waals surface area (Å²) in [7, 11) is 0. The van der Waals surface area contributed by atoms with Gasteiger partial charge in [-0.25, -0.2) is 15.5 Å². The number of aldehydes is 1. The SMILES string of the molecule is C.NOCC(=O)O.O=C(O)CON(CCCl)CCCl.O=CCCl. The van der Waals surface area contributed by atoms with Crippen molar-refractivity contribution in [2.45, 2.75) is 7.43 Å². The molecule has 0 amide bonds. The predicted molar refractivity (Wildman–Crippen MR) is 87.9 cm³/mol. The summed E-state index contributed by atoms with van der Waals surface area (Å²) in [6.07, 6.45) is 0.640. The van der Waals surface area contributed by atoms with Gasteiger partial charge in [-0.2, -0.15) is 5.06 Å². The zero-order valence-electron chi connectivity index (χ0n) is 11.6. The molecule has 0 aliphatic carbocycles. The molecular formula is C11H23Cl3N2O7. The number of nitrogens with two attached hydrogens (primary N) is 1. The van der Waals surface area contributed by atoms with Gasteiger partial charge >= 0.3 is 11.9 Å². The highest BCUT2D eigenvalue weighted by Gasteiger charge is 2.05. The van der Waals surface area contributed by atoms with Gasteiger partial charge in [0.2, 0.25) is 0 Å². The molecule has 0 aromatic carbocycles. The van der Waals surface area contributed by atoms with Crippen LogP contribution < -0.4 is 5.90 Å². The van der Waals surface area contributed by atoms with Crippen LogP contribution in [0.1, 0.15) is 7.43 Å². The van der Waals surface area contributed by atoms with E-state index in [1.807, 2.05) is 0 Å². The summed E-state index contributed by atoms with van der Waals surface area (Å²) in [6.45, 7) is 0.164. The lowest BCUT2D eigenvalue weighted by molar-refractivity contribution is -0.177. The van der Waals surface area contributed by atoms with Crippen LogP contribution >= 0.6 is 34.8 Å². The van der Waals surface area contributed by atoms with E-state index >= 15 is 0 Å². The van der Waals surface area contributed by atoms with E-state index in [-0.39, 0.29) is 19.9 Å². The monoisotopic (exact) mass is 400 g/mol. The fourth-order valence-electron chi connectivity index (χ4n) is 0.647. The van der Waals surface area contributed by atoms with E-state index in [2.05, 4.69) is 10.7 Å². The Kier molecular flexibility index (Phi) is 34.5. The maximum absolute atomic E-state index is 10.1. The second kappa shape index (κ2) is 26.2. The summed E-state index contributed by atoms with van der Waals surface area (Å²) in [6, 6.07) is 0. The molecule has 0 aromatic heterocycles. The number of rotatable bonds is 10. The van der Waals surface area contributed by atoms with Crippen molar-refractivity contribution in [1.82, 2.24) is 5.06 Å². The lowest BCUT2D eigenvalue weighted by Gasteiger charge is -2.17. The molecule has 0 fully saturated rings. The molecular weight excluding hydrogens is 378 g/mol. The highest BCUT2D eigenvalue weighted by molar-refractivity contribution is 6.24. The fraction of sp³-hybridized carbons (Fsp3) is 0.727. The number of halogens is 3. The molecule has 140 valence electrons. The maximum Gasteiger partial charge on any atom is 0.331 e. The first-order valence-electron chi connectivity index (χ1n) is 5.64. The molecule has 0 saturated carbocycles. The number of carboxylic acid groups (broad SMARTS) is 2. The lowest BCUT2D eigenvalue weighted by atomic mass is 10.6. The minimum atomic E-state index is -1.06. The van der Waals surface area contributed by atoms with Crippen molar-refractivity contribution in [3.8, 4) is 0 Å². The van der Waals surface area contributed by atoms with E-state index in [1.54, 1.807) is 0 Å². The Morgan fingerprint density at radius 2 is 1.43 bits per heavy atom. The Morgan fingerprint density at radius 3 is 1.61 bits per heavy atom. The third-order valence-electron chi connectivity index (χ3n) is 1.31. The van der Waals surface area contributed by atoms with Gasteiger partial charge in [-0.1, -0.05) is 7.43 Å². The summed E-state index contributed by atoms with van der Waals surface area (Å²) >= 11 is 15.7. The van der Waals surface area contributed by atoms with Gasteiger partial charge in [-0.15, -0.1) is 34.8 Å². The molecule has 0 heterocycles. The van der Waals surface area contributed by atoms with Gasteiger partial charge in [0.1, 0.15) is 6.29 Å². The quantitative estimate of drug-likeness (QED) is 0.275. The van der Waals surface area contributed by atoms with Crippen molar-refractivity contribution in [3.63, 3.8) is 0 Å². The molecule has 0 bridgehead atoms. The molecule has 0 saturated heterocycles. The van der Waals surface area contributed by atoms with Crippen molar-refractivity contribution in [2.24, 2.45) is 5.90 Å². The number of hydrogen-bond donors (Lipinski definition) is 3. The number of hydrogen-bond acceptors (Lipinski definition) is 7. The molecule has 12 heteroatoms. The van der Waals surface area contributed by atoms with Crippen molar-refractivity contribution in [1.29, 1.82) is 0 Å². The molecule has 0 rings (SSSR count). The van der Waals surface area contributed by atoms with Crippen molar-refractivity contribution < 1.29 is 34.3 Å². The van der Waals surface area contributed by atoms with E-state index in [0.717, 1.165) is 0 Å². The van der Waals surface area contributed by atoms with Crippen LogP contribution in [0.15, 0.2) is 0 Å². The number of nitrogens with zero attached hydrogens (tertiary/aromatic N) is 1. The molecule has 23 heavy (non-hydrogen) atoms. The summed E-state index contributed by atoms with van der Waals surface area (Å²) in [5, 5.41) is 17.4. The smallest absolute Gasteiger partial charge is 0.331 e. The van der Waals surface area contributed by atoms with Crippen LogP contribution in [-0.2, 0) is 24.1 Å². The van der Waals surface area contributed by atoms with Crippen LogP contribution in [0.4, 0.5) is 0 Å². The van der Waals surface area contributed by atoms with Gasteiger partial charge in [-0.3, -0.25) is 9.68 Å². The molecule has 0 aliphatic rings. The van der Waals surface area contributed by atoms with E-state index in [4.69, 9.17) is 54.6 Å². The van der Waals surface area contributed by atoms with E-state index in [0.29, 0.717) is 31.1 Å². The fourth-order valence-corrected chi connectivity index (χ4v) is 1.02. The van der Waals surface area contributed by atoms with Crippen molar-refractivity contribution in [3.05, 3.63) is 0 Å². The largest absolute Gasteiger partial charge is 0.479 e. The first-order valence-corrected chi connectivity index (χ1v) is 7.24. The summed E-state index contributed by atoms with van der Waals surface area (Å²) in [5.74, 6) is 3.16. The van der Waals surface area contributed by atoms with Gasteiger partial charge < -0.3 is 15.0 Å². The van der Waals surface area contributed by atoms with E-state index in [9.17, 15) is 9.59 Å². The second-order valence-electron chi connectivity index (χ2n) is 3.00. The van der Waals surface area contributed by atoms with E-state index in [1.165, 1.54) is 5.06 Å². The zero-order chi connectivity index (χ0) is 17.8. The maximum atomic E-state index is 10.1. The molecule has 4 N–H and O–H groups in total. The average Bonchev–Trinajstić information content (AvgIpc) is 2.46. The number of hydroxylamine groups is 2. The molecule has 0 aromatic rings. The first kappa shape index (κ1) is 30.2.